The van der Waals surface area contributed by atoms with Gasteiger partial charge in [0.25, 0.3) is 0 Å². The summed E-state index contributed by atoms with van der Waals surface area (Å²) in [6, 6.07) is 0. The molecule has 0 nitrogen and oxygen atoms in total. The van der Waals surface area contributed by atoms with Crippen LogP contribution in [-0.2, 0) is 32.7 Å². The SMILES string of the molecule is CC[C@@H]1[CH-]C(C)[C@@H]1C.[CH3-].[Y]. The molecule has 0 spiro atoms. The van der Waals surface area contributed by atoms with E-state index in [4.69, 9.17) is 0 Å². The Balaban J connectivity index is 0. The summed E-state index contributed by atoms with van der Waals surface area (Å²) >= 11 is 0. The molecule has 0 amide bonds. The van der Waals surface area contributed by atoms with E-state index in [1.54, 1.807) is 0 Å². The summed E-state index contributed by atoms with van der Waals surface area (Å²) in [7, 11) is 0. The van der Waals surface area contributed by atoms with Crippen LogP contribution < -0.4 is 0 Å². The molecule has 0 saturated heterocycles. The number of hydrogen-bond donors (Lipinski definition) is 0. The first kappa shape index (κ1) is 13.7. The second kappa shape index (κ2) is 5.72. The van der Waals surface area contributed by atoms with Crippen LogP contribution in [0.1, 0.15) is 27.2 Å². The van der Waals surface area contributed by atoms with Crippen molar-refractivity contribution in [3.63, 3.8) is 0 Å². The molecule has 0 heterocycles. The van der Waals surface area contributed by atoms with Crippen LogP contribution in [0.4, 0.5) is 0 Å². The van der Waals surface area contributed by atoms with Crippen LogP contribution in [0.25, 0.3) is 0 Å². The van der Waals surface area contributed by atoms with Crippen molar-refractivity contribution < 1.29 is 32.7 Å². The van der Waals surface area contributed by atoms with Crippen LogP contribution in [0.5, 0.6) is 0 Å². The van der Waals surface area contributed by atoms with E-state index >= 15 is 0 Å². The van der Waals surface area contributed by atoms with Gasteiger partial charge in [0.15, 0.2) is 0 Å². The van der Waals surface area contributed by atoms with E-state index in [1.807, 2.05) is 0 Å². The van der Waals surface area contributed by atoms with Gasteiger partial charge in [0.05, 0.1) is 0 Å². The van der Waals surface area contributed by atoms with Gasteiger partial charge in [0.2, 0.25) is 0 Å². The third-order valence-electron chi connectivity index (χ3n) is 2.53. The van der Waals surface area contributed by atoms with Crippen LogP contribution in [0.15, 0.2) is 0 Å². The Morgan fingerprint density at radius 1 is 1.30 bits per heavy atom. The maximum Gasteiger partial charge on any atom is 0 e. The molecule has 1 radical (unpaired) electrons. The summed E-state index contributed by atoms with van der Waals surface area (Å²) in [6.07, 6.45) is 3.80. The Kier molecular flexibility index (Phi) is 7.82. The molecule has 0 N–H and O–H groups in total. The number of rotatable bonds is 1. The van der Waals surface area contributed by atoms with Crippen molar-refractivity contribution in [1.29, 1.82) is 0 Å². The Bertz CT molecular complexity index is 80.8. The summed E-state index contributed by atoms with van der Waals surface area (Å²) in [5, 5.41) is 0. The Hall–Kier alpha value is 1.10. The molecule has 1 fully saturated rings. The minimum atomic E-state index is 0. The van der Waals surface area contributed by atoms with E-state index in [2.05, 4.69) is 27.2 Å². The van der Waals surface area contributed by atoms with Gasteiger partial charge in [-0.1, -0.05) is 33.1 Å². The first-order valence-electron chi connectivity index (χ1n) is 3.60. The van der Waals surface area contributed by atoms with Gasteiger partial charge in [-0.15, -0.1) is 0 Å². The summed E-state index contributed by atoms with van der Waals surface area (Å²) < 4.78 is 0. The molecule has 59 valence electrons. The minimum Gasteiger partial charge on any atom is -0.358 e. The van der Waals surface area contributed by atoms with Gasteiger partial charge in [-0.05, 0) is 0 Å². The quantitative estimate of drug-likeness (QED) is 0.590. The van der Waals surface area contributed by atoms with Crippen molar-refractivity contribution in [3.05, 3.63) is 13.8 Å². The van der Waals surface area contributed by atoms with Crippen LogP contribution in [0.3, 0.4) is 0 Å². The molecular weight excluding hydrogens is 197 g/mol. The van der Waals surface area contributed by atoms with Gasteiger partial charge in [0.1, 0.15) is 0 Å². The summed E-state index contributed by atoms with van der Waals surface area (Å²) in [6.45, 7) is 6.92. The maximum atomic E-state index is 2.46. The van der Waals surface area contributed by atoms with E-state index in [0.717, 1.165) is 17.8 Å². The van der Waals surface area contributed by atoms with Crippen molar-refractivity contribution in [1.82, 2.24) is 0 Å². The van der Waals surface area contributed by atoms with Crippen molar-refractivity contribution >= 4 is 0 Å². The average Bonchev–Trinajstić information content (AvgIpc) is 1.81. The van der Waals surface area contributed by atoms with Gasteiger partial charge in [-0.25, -0.2) is 0 Å². The molecule has 1 rings (SSSR count). The first-order chi connectivity index (χ1) is 3.75. The van der Waals surface area contributed by atoms with E-state index in [9.17, 15) is 0 Å². The van der Waals surface area contributed by atoms with E-state index in [1.165, 1.54) is 6.42 Å². The Morgan fingerprint density at radius 3 is 1.90 bits per heavy atom. The fourth-order valence-corrected chi connectivity index (χ4v) is 1.49. The van der Waals surface area contributed by atoms with Crippen LogP contribution in [-0.4, -0.2) is 0 Å². The molecule has 1 aliphatic carbocycles. The zero-order valence-corrected chi connectivity index (χ0v) is 10.4. The van der Waals surface area contributed by atoms with E-state index < -0.39 is 0 Å². The molecule has 0 aliphatic heterocycles. The Labute approximate surface area is 91.0 Å². The molecule has 1 unspecified atom stereocenters. The third-order valence-corrected chi connectivity index (χ3v) is 2.53. The van der Waals surface area contributed by atoms with E-state index in [-0.39, 0.29) is 40.1 Å². The zero-order chi connectivity index (χ0) is 6.15. The second-order valence-electron chi connectivity index (χ2n) is 2.98. The van der Waals surface area contributed by atoms with Gasteiger partial charge in [-0.2, -0.15) is 11.8 Å². The predicted octanol–water partition coefficient (Wildman–Crippen LogP) is 2.95. The van der Waals surface area contributed by atoms with Gasteiger partial charge < -0.3 is 13.8 Å². The second-order valence-corrected chi connectivity index (χ2v) is 2.98. The molecule has 0 aromatic heterocycles. The fraction of sp³-hybridized carbons (Fsp3) is 0.778. The molecular formula is C9H18Y-2. The zero-order valence-electron chi connectivity index (χ0n) is 7.59. The van der Waals surface area contributed by atoms with Gasteiger partial charge in [-0.3, -0.25) is 0 Å². The molecule has 1 aliphatic rings. The third kappa shape index (κ3) is 2.62. The van der Waals surface area contributed by atoms with Crippen LogP contribution in [0.2, 0.25) is 0 Å². The predicted molar refractivity (Wildman–Crippen MR) is 42.8 cm³/mol. The molecule has 0 aromatic rings. The van der Waals surface area contributed by atoms with Crippen molar-refractivity contribution in [2.45, 2.75) is 27.2 Å². The topological polar surface area (TPSA) is 0 Å². The first-order valence-corrected chi connectivity index (χ1v) is 3.60. The molecule has 1 saturated carbocycles. The normalized spacial score (nSPS) is 36.9. The summed E-state index contributed by atoms with van der Waals surface area (Å²) in [5.41, 5.74) is 0. The summed E-state index contributed by atoms with van der Waals surface area (Å²) in [5.74, 6) is 2.78. The smallest absolute Gasteiger partial charge is 0 e. The van der Waals surface area contributed by atoms with Crippen LogP contribution in [0, 0.1) is 31.6 Å². The summed E-state index contributed by atoms with van der Waals surface area (Å²) in [4.78, 5) is 0. The minimum absolute atomic E-state index is 0. The molecule has 0 bridgehead atoms. The fourth-order valence-electron chi connectivity index (χ4n) is 1.49. The molecule has 10 heavy (non-hydrogen) atoms. The van der Waals surface area contributed by atoms with Gasteiger partial charge in [0, 0.05) is 32.7 Å². The molecule has 1 heteroatoms. The van der Waals surface area contributed by atoms with Crippen LogP contribution >= 0.6 is 0 Å². The number of hydrogen-bond acceptors (Lipinski definition) is 0. The Morgan fingerprint density at radius 2 is 1.80 bits per heavy atom. The van der Waals surface area contributed by atoms with Crippen molar-refractivity contribution in [2.24, 2.45) is 17.8 Å². The van der Waals surface area contributed by atoms with Gasteiger partial charge >= 0.3 is 0 Å². The van der Waals surface area contributed by atoms with E-state index in [0.29, 0.717) is 0 Å². The molecule has 3 atom stereocenters. The monoisotopic (exact) mass is 215 g/mol. The maximum absolute atomic E-state index is 2.46. The average molecular weight is 215 g/mol. The van der Waals surface area contributed by atoms with Crippen molar-refractivity contribution in [2.75, 3.05) is 0 Å². The van der Waals surface area contributed by atoms with Crippen molar-refractivity contribution in [3.8, 4) is 0 Å². The standard InChI is InChI=1S/C8H15.CH3.Y/c1-4-8-5-6(2)7(8)3;;/h5-8H,4H2,1-3H3;1H3;/q2*-1;/t6?,7-,8+;;/m0../s1. The largest absolute Gasteiger partial charge is 0.358 e. The molecule has 0 aromatic carbocycles.